The molecule has 8 heteroatoms. The molecule has 3 rings (SSSR count). The maximum absolute atomic E-state index is 5.46. The van der Waals surface area contributed by atoms with Gasteiger partial charge >= 0.3 is 0 Å². The molecular formula is C17H25N7O. The van der Waals surface area contributed by atoms with E-state index in [1.54, 1.807) is 12.3 Å². The zero-order chi connectivity index (χ0) is 17.8. The van der Waals surface area contributed by atoms with Crippen molar-refractivity contribution in [2.45, 2.75) is 39.7 Å². The van der Waals surface area contributed by atoms with Crippen LogP contribution in [0.1, 0.15) is 39.3 Å². The first kappa shape index (κ1) is 17.2. The number of aromatic nitrogens is 4. The third-order valence-corrected chi connectivity index (χ3v) is 3.96. The molecule has 1 aliphatic heterocycles. The molecule has 25 heavy (non-hydrogen) atoms. The molecule has 2 aromatic rings. The summed E-state index contributed by atoms with van der Waals surface area (Å²) in [7, 11) is 0. The molecule has 4 N–H and O–H groups in total. The first-order chi connectivity index (χ1) is 12.0. The second kappa shape index (κ2) is 7.52. The number of aromatic amines is 1. The first-order valence-corrected chi connectivity index (χ1v) is 8.53. The zero-order valence-electron chi connectivity index (χ0n) is 15.0. The van der Waals surface area contributed by atoms with Gasteiger partial charge in [-0.2, -0.15) is 10.1 Å². The van der Waals surface area contributed by atoms with Gasteiger partial charge in [-0.05, 0) is 24.0 Å². The van der Waals surface area contributed by atoms with Crippen LogP contribution in [0.4, 0.5) is 17.6 Å². The van der Waals surface area contributed by atoms with Gasteiger partial charge in [0, 0.05) is 18.0 Å². The summed E-state index contributed by atoms with van der Waals surface area (Å²) in [6, 6.07) is 4.02. The second-order valence-electron chi connectivity index (χ2n) is 6.73. The topological polar surface area (TPSA) is 99.8 Å². The van der Waals surface area contributed by atoms with Gasteiger partial charge in [0.05, 0.1) is 12.6 Å². The lowest BCUT2D eigenvalue weighted by Crippen LogP contribution is -2.26. The normalized spacial score (nSPS) is 16.9. The van der Waals surface area contributed by atoms with Crippen LogP contribution >= 0.6 is 0 Å². The van der Waals surface area contributed by atoms with Crippen LogP contribution in [-0.2, 0) is 4.84 Å². The number of nitrogens with one attached hydrogen (secondary N) is 4. The Bertz CT molecular complexity index is 738. The summed E-state index contributed by atoms with van der Waals surface area (Å²) >= 11 is 0. The van der Waals surface area contributed by atoms with Crippen molar-refractivity contribution in [3.63, 3.8) is 0 Å². The molecule has 0 aliphatic carbocycles. The number of anilines is 3. The number of hydrogen-bond donors (Lipinski definition) is 4. The maximum atomic E-state index is 5.46. The van der Waals surface area contributed by atoms with Gasteiger partial charge in [-0.3, -0.25) is 5.10 Å². The largest absolute Gasteiger partial charge is 0.411 e. The van der Waals surface area contributed by atoms with Crippen molar-refractivity contribution < 1.29 is 4.84 Å². The van der Waals surface area contributed by atoms with Crippen LogP contribution in [0.15, 0.2) is 30.2 Å². The zero-order valence-corrected chi connectivity index (χ0v) is 15.0. The molecule has 0 aromatic carbocycles. The van der Waals surface area contributed by atoms with E-state index in [0.717, 1.165) is 17.3 Å². The van der Waals surface area contributed by atoms with E-state index >= 15 is 0 Å². The molecule has 134 valence electrons. The molecule has 0 radical (unpaired) electrons. The molecule has 0 spiro atoms. The molecule has 0 bridgehead atoms. The van der Waals surface area contributed by atoms with Crippen molar-refractivity contribution in [3.05, 3.63) is 35.9 Å². The third-order valence-electron chi connectivity index (χ3n) is 3.96. The van der Waals surface area contributed by atoms with Gasteiger partial charge in [-0.1, -0.05) is 27.7 Å². The lowest BCUT2D eigenvalue weighted by molar-refractivity contribution is 0.104. The monoisotopic (exact) mass is 343 g/mol. The van der Waals surface area contributed by atoms with Gasteiger partial charge in [-0.15, -0.1) is 5.48 Å². The second-order valence-corrected chi connectivity index (χ2v) is 6.73. The number of nitrogens with zero attached hydrogens (tertiary/aromatic N) is 3. The van der Waals surface area contributed by atoms with Crippen LogP contribution in [0, 0.1) is 5.92 Å². The highest BCUT2D eigenvalue weighted by atomic mass is 16.7. The standard InChI is InChI=1S/C17H25N7O/c1-10(2)13-8-16(23-22-13)20-15-5-6-18-17(21-15)19-9-12-7-14(11(3)4)24-25-12/h5-8,10-11,14,24H,9H2,1-4H3,(H3,18,19,20,21,22,23). The van der Waals surface area contributed by atoms with Gasteiger partial charge < -0.3 is 15.5 Å². The first-order valence-electron chi connectivity index (χ1n) is 8.53. The van der Waals surface area contributed by atoms with Crippen LogP contribution in [-0.4, -0.2) is 32.8 Å². The van der Waals surface area contributed by atoms with Gasteiger partial charge in [0.2, 0.25) is 5.95 Å². The number of rotatable bonds is 7. The Labute approximate surface area is 147 Å². The van der Waals surface area contributed by atoms with E-state index in [0.29, 0.717) is 30.1 Å². The maximum Gasteiger partial charge on any atom is 0.224 e. The highest BCUT2D eigenvalue weighted by molar-refractivity contribution is 5.53. The Morgan fingerprint density at radius 2 is 2.08 bits per heavy atom. The van der Waals surface area contributed by atoms with Crippen molar-refractivity contribution in [2.75, 3.05) is 17.2 Å². The van der Waals surface area contributed by atoms with Gasteiger partial charge in [0.25, 0.3) is 0 Å². The van der Waals surface area contributed by atoms with Crippen LogP contribution in [0.5, 0.6) is 0 Å². The SMILES string of the molecule is CC(C)c1cc(Nc2ccnc(NCC3=CC(C(C)C)NO3)n2)n[nH]1. The Morgan fingerprint density at radius 1 is 1.24 bits per heavy atom. The number of hydrogen-bond acceptors (Lipinski definition) is 7. The predicted molar refractivity (Wildman–Crippen MR) is 97.4 cm³/mol. The van der Waals surface area contributed by atoms with Gasteiger partial charge in [0.1, 0.15) is 11.6 Å². The number of H-pyrrole nitrogens is 1. The molecule has 0 saturated heterocycles. The lowest BCUT2D eigenvalue weighted by Gasteiger charge is -2.10. The third kappa shape index (κ3) is 4.48. The van der Waals surface area contributed by atoms with E-state index in [1.165, 1.54) is 0 Å². The number of hydroxylamine groups is 1. The molecule has 0 fully saturated rings. The van der Waals surface area contributed by atoms with Crippen molar-refractivity contribution >= 4 is 17.6 Å². The molecule has 1 unspecified atom stereocenters. The highest BCUT2D eigenvalue weighted by Crippen LogP contribution is 2.19. The van der Waals surface area contributed by atoms with Crippen molar-refractivity contribution in [3.8, 4) is 0 Å². The molecule has 1 atom stereocenters. The van der Waals surface area contributed by atoms with Gasteiger partial charge in [0.15, 0.2) is 5.82 Å². The van der Waals surface area contributed by atoms with Gasteiger partial charge in [-0.25, -0.2) is 4.98 Å². The Morgan fingerprint density at radius 3 is 2.76 bits per heavy atom. The molecule has 1 aliphatic rings. The Kier molecular flexibility index (Phi) is 5.18. The summed E-state index contributed by atoms with van der Waals surface area (Å²) in [5.41, 5.74) is 4.08. The smallest absolute Gasteiger partial charge is 0.224 e. The predicted octanol–water partition coefficient (Wildman–Crippen LogP) is 2.92. The van der Waals surface area contributed by atoms with Crippen molar-refractivity contribution in [2.24, 2.45) is 5.92 Å². The highest BCUT2D eigenvalue weighted by Gasteiger charge is 2.19. The van der Waals surface area contributed by atoms with Crippen molar-refractivity contribution in [1.29, 1.82) is 0 Å². The minimum atomic E-state index is 0.237. The van der Waals surface area contributed by atoms with E-state index in [9.17, 15) is 0 Å². The van der Waals surface area contributed by atoms with Crippen molar-refractivity contribution in [1.82, 2.24) is 25.6 Å². The fraction of sp³-hybridized carbons (Fsp3) is 0.471. The van der Waals surface area contributed by atoms with Crippen LogP contribution < -0.4 is 16.1 Å². The molecular weight excluding hydrogens is 318 g/mol. The van der Waals surface area contributed by atoms with E-state index in [2.05, 4.69) is 70.0 Å². The summed E-state index contributed by atoms with van der Waals surface area (Å²) in [6.07, 6.45) is 3.78. The summed E-state index contributed by atoms with van der Waals surface area (Å²) < 4.78 is 0. The van der Waals surface area contributed by atoms with Crippen LogP contribution in [0.2, 0.25) is 0 Å². The van der Waals surface area contributed by atoms with Crippen LogP contribution in [0.3, 0.4) is 0 Å². The van der Waals surface area contributed by atoms with E-state index in [1.807, 2.05) is 6.07 Å². The fourth-order valence-electron chi connectivity index (χ4n) is 2.34. The summed E-state index contributed by atoms with van der Waals surface area (Å²) in [4.78, 5) is 14.1. The lowest BCUT2D eigenvalue weighted by atomic mass is 10.1. The quantitative estimate of drug-likeness (QED) is 0.613. The van der Waals surface area contributed by atoms with Crippen LogP contribution in [0.25, 0.3) is 0 Å². The molecule has 3 heterocycles. The molecule has 2 aromatic heterocycles. The van der Waals surface area contributed by atoms with E-state index in [-0.39, 0.29) is 6.04 Å². The summed E-state index contributed by atoms with van der Waals surface area (Å²) in [5, 5.41) is 13.6. The fourth-order valence-corrected chi connectivity index (χ4v) is 2.34. The Balaban J connectivity index is 1.59. The van der Waals surface area contributed by atoms with E-state index < -0.39 is 0 Å². The summed E-state index contributed by atoms with van der Waals surface area (Å²) in [5.74, 6) is 3.66. The average Bonchev–Trinajstić information content (AvgIpc) is 3.22. The molecule has 0 saturated carbocycles. The molecule has 8 nitrogen and oxygen atoms in total. The van der Waals surface area contributed by atoms with E-state index in [4.69, 9.17) is 4.84 Å². The average molecular weight is 343 g/mol. The molecule has 0 amide bonds. The Hall–Kier alpha value is -2.61. The minimum Gasteiger partial charge on any atom is -0.411 e. The minimum absolute atomic E-state index is 0.237. The summed E-state index contributed by atoms with van der Waals surface area (Å²) in [6.45, 7) is 9.04.